The maximum Gasteiger partial charge on any atom is 0.238 e. The Morgan fingerprint density at radius 1 is 1.09 bits per heavy atom. The Hall–Kier alpha value is -1.65. The summed E-state index contributed by atoms with van der Waals surface area (Å²) in [4.78, 5) is 14.5. The average Bonchev–Trinajstić information content (AvgIpc) is 3.35. The van der Waals surface area contributed by atoms with E-state index in [1.807, 2.05) is 42.5 Å². The molecule has 4 heteroatoms. The van der Waals surface area contributed by atoms with E-state index in [1.165, 1.54) is 18.4 Å². The fourth-order valence-electron chi connectivity index (χ4n) is 2.49. The van der Waals surface area contributed by atoms with E-state index in [2.05, 4.69) is 38.3 Å². The number of anilines is 1. The van der Waals surface area contributed by atoms with Crippen molar-refractivity contribution in [3.8, 4) is 0 Å². The maximum atomic E-state index is 12.3. The van der Waals surface area contributed by atoms with Crippen LogP contribution in [0.2, 0.25) is 0 Å². The summed E-state index contributed by atoms with van der Waals surface area (Å²) in [6.07, 6.45) is 2.39. The summed E-state index contributed by atoms with van der Waals surface area (Å²) in [6.45, 7) is 1.27. The molecule has 1 saturated carbocycles. The van der Waals surface area contributed by atoms with Gasteiger partial charge in [0.1, 0.15) is 0 Å². The fourth-order valence-corrected chi connectivity index (χ4v) is 2.75. The van der Waals surface area contributed by atoms with Gasteiger partial charge in [0.2, 0.25) is 5.91 Å². The zero-order chi connectivity index (χ0) is 15.4. The summed E-state index contributed by atoms with van der Waals surface area (Å²) in [5, 5.41) is 2.97. The lowest BCUT2D eigenvalue weighted by molar-refractivity contribution is -0.117. The Bertz CT molecular complexity index is 623. The van der Waals surface area contributed by atoms with E-state index in [0.717, 1.165) is 16.7 Å². The van der Waals surface area contributed by atoms with Gasteiger partial charge in [-0.05, 0) is 42.7 Å². The number of nitrogens with zero attached hydrogens (tertiary/aromatic N) is 1. The van der Waals surface area contributed by atoms with Gasteiger partial charge in [-0.2, -0.15) is 0 Å². The third-order valence-corrected chi connectivity index (χ3v) is 4.30. The molecule has 1 aliphatic carbocycles. The second-order valence-electron chi connectivity index (χ2n) is 5.68. The predicted molar refractivity (Wildman–Crippen MR) is 92.6 cm³/mol. The molecule has 0 bridgehead atoms. The van der Waals surface area contributed by atoms with Crippen LogP contribution < -0.4 is 5.32 Å². The lowest BCUT2D eigenvalue weighted by atomic mass is 10.2. The Labute approximate surface area is 139 Å². The van der Waals surface area contributed by atoms with E-state index in [1.54, 1.807) is 0 Å². The number of hydrogen-bond donors (Lipinski definition) is 1. The molecule has 1 amide bonds. The summed E-state index contributed by atoms with van der Waals surface area (Å²) in [5.41, 5.74) is 2.09. The number of nitrogens with one attached hydrogen (secondary N) is 1. The normalized spacial score (nSPS) is 14.1. The van der Waals surface area contributed by atoms with Crippen molar-refractivity contribution in [2.24, 2.45) is 0 Å². The van der Waals surface area contributed by atoms with Gasteiger partial charge in [-0.25, -0.2) is 0 Å². The lowest BCUT2D eigenvalue weighted by Gasteiger charge is -2.21. The Morgan fingerprint density at radius 2 is 1.77 bits per heavy atom. The van der Waals surface area contributed by atoms with Gasteiger partial charge < -0.3 is 5.32 Å². The van der Waals surface area contributed by atoms with Gasteiger partial charge in [0.25, 0.3) is 0 Å². The molecule has 0 unspecified atom stereocenters. The number of carbonyl (C=O) groups excluding carboxylic acids is 1. The van der Waals surface area contributed by atoms with Gasteiger partial charge >= 0.3 is 0 Å². The van der Waals surface area contributed by atoms with Gasteiger partial charge in [-0.1, -0.05) is 46.3 Å². The van der Waals surface area contributed by atoms with Gasteiger partial charge in [0, 0.05) is 22.7 Å². The summed E-state index contributed by atoms with van der Waals surface area (Å²) in [7, 11) is 0. The van der Waals surface area contributed by atoms with Crippen LogP contribution in [0.5, 0.6) is 0 Å². The van der Waals surface area contributed by atoms with E-state index < -0.39 is 0 Å². The van der Waals surface area contributed by atoms with Crippen LogP contribution >= 0.6 is 15.9 Å². The number of hydrogen-bond acceptors (Lipinski definition) is 2. The van der Waals surface area contributed by atoms with Crippen molar-refractivity contribution in [2.45, 2.75) is 25.4 Å². The molecule has 3 nitrogen and oxygen atoms in total. The number of rotatable bonds is 6. The van der Waals surface area contributed by atoms with Gasteiger partial charge in [-0.3, -0.25) is 9.69 Å². The van der Waals surface area contributed by atoms with Crippen LogP contribution in [0.15, 0.2) is 59.1 Å². The molecule has 0 aromatic heterocycles. The average molecular weight is 359 g/mol. The van der Waals surface area contributed by atoms with Crippen LogP contribution in [0.4, 0.5) is 5.69 Å². The summed E-state index contributed by atoms with van der Waals surface area (Å²) in [5.74, 6) is 0.0464. The van der Waals surface area contributed by atoms with Crippen LogP contribution in [-0.4, -0.2) is 23.4 Å². The van der Waals surface area contributed by atoms with Crippen LogP contribution in [0.3, 0.4) is 0 Å². The van der Waals surface area contributed by atoms with Gasteiger partial charge in [0.05, 0.1) is 6.54 Å². The topological polar surface area (TPSA) is 32.3 Å². The first-order chi connectivity index (χ1) is 10.7. The SMILES string of the molecule is O=C(CN(Cc1ccccc1)C1CC1)Nc1ccc(Br)cc1. The molecular formula is C18H19BrN2O. The molecule has 0 aliphatic heterocycles. The smallest absolute Gasteiger partial charge is 0.238 e. The minimum atomic E-state index is 0.0464. The van der Waals surface area contributed by atoms with E-state index in [-0.39, 0.29) is 5.91 Å². The van der Waals surface area contributed by atoms with E-state index in [0.29, 0.717) is 12.6 Å². The highest BCUT2D eigenvalue weighted by atomic mass is 79.9. The number of amides is 1. The molecule has 0 spiro atoms. The summed E-state index contributed by atoms with van der Waals surface area (Å²) >= 11 is 3.40. The van der Waals surface area contributed by atoms with E-state index in [9.17, 15) is 4.79 Å². The van der Waals surface area contributed by atoms with Gasteiger partial charge in [-0.15, -0.1) is 0 Å². The van der Waals surface area contributed by atoms with E-state index >= 15 is 0 Å². The Kier molecular flexibility index (Phi) is 4.90. The highest BCUT2D eigenvalue weighted by Gasteiger charge is 2.30. The highest BCUT2D eigenvalue weighted by Crippen LogP contribution is 2.28. The van der Waals surface area contributed by atoms with Crippen LogP contribution in [-0.2, 0) is 11.3 Å². The molecule has 1 N–H and O–H groups in total. The van der Waals surface area contributed by atoms with Crippen molar-refractivity contribution < 1.29 is 4.79 Å². The second kappa shape index (κ2) is 7.07. The summed E-state index contributed by atoms with van der Waals surface area (Å²) in [6, 6.07) is 18.5. The Morgan fingerprint density at radius 3 is 2.41 bits per heavy atom. The number of halogens is 1. The number of carbonyl (C=O) groups is 1. The van der Waals surface area contributed by atoms with Crippen LogP contribution in [0, 0.1) is 0 Å². The molecule has 22 heavy (non-hydrogen) atoms. The molecule has 1 fully saturated rings. The highest BCUT2D eigenvalue weighted by molar-refractivity contribution is 9.10. The second-order valence-corrected chi connectivity index (χ2v) is 6.59. The molecule has 0 saturated heterocycles. The molecule has 2 aromatic rings. The van der Waals surface area contributed by atoms with Crippen molar-refractivity contribution in [1.29, 1.82) is 0 Å². The first kappa shape index (κ1) is 15.3. The largest absolute Gasteiger partial charge is 0.325 e. The van der Waals surface area contributed by atoms with Crippen LogP contribution in [0.1, 0.15) is 18.4 Å². The molecule has 1 aliphatic rings. The third-order valence-electron chi connectivity index (χ3n) is 3.77. The quantitative estimate of drug-likeness (QED) is 0.844. The van der Waals surface area contributed by atoms with Crippen molar-refractivity contribution in [3.63, 3.8) is 0 Å². The lowest BCUT2D eigenvalue weighted by Crippen LogP contribution is -2.34. The van der Waals surface area contributed by atoms with E-state index in [4.69, 9.17) is 0 Å². The van der Waals surface area contributed by atoms with Crippen molar-refractivity contribution in [1.82, 2.24) is 4.90 Å². The molecule has 0 heterocycles. The molecule has 3 rings (SSSR count). The van der Waals surface area contributed by atoms with Crippen molar-refractivity contribution in [3.05, 3.63) is 64.6 Å². The van der Waals surface area contributed by atoms with Crippen LogP contribution in [0.25, 0.3) is 0 Å². The predicted octanol–water partition coefficient (Wildman–Crippen LogP) is 4.05. The molecular weight excluding hydrogens is 340 g/mol. The monoisotopic (exact) mass is 358 g/mol. The minimum Gasteiger partial charge on any atom is -0.325 e. The van der Waals surface area contributed by atoms with Gasteiger partial charge in [0.15, 0.2) is 0 Å². The first-order valence-corrected chi connectivity index (χ1v) is 8.33. The fraction of sp³-hybridized carbons (Fsp3) is 0.278. The van der Waals surface area contributed by atoms with Crippen molar-refractivity contribution >= 4 is 27.5 Å². The standard InChI is InChI=1S/C18H19BrN2O/c19-15-6-8-16(9-7-15)20-18(22)13-21(17-10-11-17)12-14-4-2-1-3-5-14/h1-9,17H,10-13H2,(H,20,22). The zero-order valence-electron chi connectivity index (χ0n) is 12.3. The van der Waals surface area contributed by atoms with Crippen molar-refractivity contribution in [2.75, 3.05) is 11.9 Å². The third kappa shape index (κ3) is 4.42. The molecule has 2 aromatic carbocycles. The maximum absolute atomic E-state index is 12.3. The summed E-state index contributed by atoms with van der Waals surface area (Å²) < 4.78 is 1.01. The Balaban J connectivity index is 1.59. The number of benzene rings is 2. The first-order valence-electron chi connectivity index (χ1n) is 7.54. The minimum absolute atomic E-state index is 0.0464. The molecule has 0 radical (unpaired) electrons. The molecule has 0 atom stereocenters. The molecule has 114 valence electrons. The zero-order valence-corrected chi connectivity index (χ0v) is 13.9.